The highest BCUT2D eigenvalue weighted by molar-refractivity contribution is 6.16. The van der Waals surface area contributed by atoms with Crippen molar-refractivity contribution in [3.8, 4) is 0 Å². The Kier molecular flexibility index (Phi) is 2.97. The maximum absolute atomic E-state index is 12.1. The second kappa shape index (κ2) is 4.70. The van der Waals surface area contributed by atoms with Crippen molar-refractivity contribution in [2.24, 2.45) is 7.05 Å². The normalized spacial score (nSPS) is 11.1. The molecule has 0 saturated heterocycles. The summed E-state index contributed by atoms with van der Waals surface area (Å²) < 4.78 is 1.93. The number of aromatic nitrogens is 1. The van der Waals surface area contributed by atoms with Crippen molar-refractivity contribution in [2.75, 3.05) is 0 Å². The number of ketones is 1. The molecule has 0 amide bonds. The number of aryl methyl sites for hydroxylation is 1. The molecule has 0 aliphatic heterocycles. The van der Waals surface area contributed by atoms with Crippen LogP contribution in [0.1, 0.15) is 23.7 Å². The number of carbonyl (C=O) groups is 1. The Morgan fingerprint density at radius 3 is 2.67 bits per heavy atom. The third-order valence-electron chi connectivity index (χ3n) is 3.84. The molecule has 5 nitrogen and oxygen atoms in total. The number of rotatable bonds is 3. The van der Waals surface area contributed by atoms with E-state index in [2.05, 4.69) is 0 Å². The zero-order valence-electron chi connectivity index (χ0n) is 11.8. The van der Waals surface area contributed by atoms with Crippen LogP contribution in [0, 0.1) is 10.1 Å². The molecule has 0 spiro atoms. The summed E-state index contributed by atoms with van der Waals surface area (Å²) in [5.41, 5.74) is 2.44. The van der Waals surface area contributed by atoms with Crippen LogP contribution in [0.25, 0.3) is 21.8 Å². The Morgan fingerprint density at radius 2 is 2.00 bits per heavy atom. The number of nitro groups is 1. The third kappa shape index (κ3) is 1.89. The number of hydrogen-bond acceptors (Lipinski definition) is 3. The van der Waals surface area contributed by atoms with Gasteiger partial charge in [0.05, 0.1) is 10.4 Å². The molecule has 3 rings (SSSR count). The van der Waals surface area contributed by atoms with Crippen LogP contribution in [0.3, 0.4) is 0 Å². The Bertz CT molecular complexity index is 893. The molecule has 0 saturated carbocycles. The van der Waals surface area contributed by atoms with E-state index < -0.39 is 4.92 Å². The van der Waals surface area contributed by atoms with E-state index in [1.165, 1.54) is 6.07 Å². The summed E-state index contributed by atoms with van der Waals surface area (Å²) in [6.45, 7) is 1.83. The van der Waals surface area contributed by atoms with Gasteiger partial charge in [-0.15, -0.1) is 0 Å². The van der Waals surface area contributed by atoms with Crippen LogP contribution in [0.15, 0.2) is 36.4 Å². The van der Waals surface area contributed by atoms with Crippen molar-refractivity contribution >= 4 is 33.3 Å². The van der Waals surface area contributed by atoms with Crippen LogP contribution in [-0.4, -0.2) is 15.3 Å². The van der Waals surface area contributed by atoms with Gasteiger partial charge < -0.3 is 4.57 Å². The Labute approximate surface area is 120 Å². The van der Waals surface area contributed by atoms with Crippen molar-refractivity contribution in [3.05, 3.63) is 52.1 Å². The van der Waals surface area contributed by atoms with Crippen molar-refractivity contribution in [2.45, 2.75) is 13.3 Å². The van der Waals surface area contributed by atoms with Gasteiger partial charge >= 0.3 is 0 Å². The topological polar surface area (TPSA) is 65.1 Å². The van der Waals surface area contributed by atoms with Gasteiger partial charge in [0.25, 0.3) is 5.69 Å². The molecule has 2 aromatic carbocycles. The van der Waals surface area contributed by atoms with E-state index in [1.54, 1.807) is 12.1 Å². The highest BCUT2D eigenvalue weighted by atomic mass is 16.6. The molecular weight excluding hydrogens is 268 g/mol. The SMILES string of the molecule is CCC(=O)c1cccc2c3cc([N+](=O)[O-])ccc3n(C)c12. The molecule has 0 N–H and O–H groups in total. The summed E-state index contributed by atoms with van der Waals surface area (Å²) in [6.07, 6.45) is 0.431. The average Bonchev–Trinajstić information content (AvgIpc) is 2.79. The standard InChI is InChI=1S/C16H14N2O3/c1-3-15(19)12-6-4-5-11-13-9-10(18(20)21)7-8-14(13)17(2)16(11)12/h4-9H,3H2,1-2H3. The summed E-state index contributed by atoms with van der Waals surface area (Å²) in [5, 5.41) is 12.6. The lowest BCUT2D eigenvalue weighted by atomic mass is 10.0. The minimum absolute atomic E-state index is 0.0576. The quantitative estimate of drug-likeness (QED) is 0.416. The fourth-order valence-electron chi connectivity index (χ4n) is 2.80. The molecule has 1 heterocycles. The fourth-order valence-corrected chi connectivity index (χ4v) is 2.80. The highest BCUT2D eigenvalue weighted by Gasteiger charge is 2.17. The largest absolute Gasteiger partial charge is 0.343 e. The molecule has 0 bridgehead atoms. The zero-order chi connectivity index (χ0) is 15.1. The lowest BCUT2D eigenvalue weighted by Gasteiger charge is -2.04. The molecule has 0 aliphatic carbocycles. The Hall–Kier alpha value is -2.69. The van der Waals surface area contributed by atoms with Crippen LogP contribution in [0.2, 0.25) is 0 Å². The molecule has 0 atom stereocenters. The van der Waals surface area contributed by atoms with E-state index in [4.69, 9.17) is 0 Å². The van der Waals surface area contributed by atoms with Gasteiger partial charge in [0, 0.05) is 47.5 Å². The first-order chi connectivity index (χ1) is 10.0. The van der Waals surface area contributed by atoms with Gasteiger partial charge in [0.2, 0.25) is 0 Å². The van der Waals surface area contributed by atoms with E-state index >= 15 is 0 Å². The third-order valence-corrected chi connectivity index (χ3v) is 3.84. The Balaban J connectivity index is 2.45. The molecule has 0 radical (unpaired) electrons. The summed E-state index contributed by atoms with van der Waals surface area (Å²) in [7, 11) is 1.88. The van der Waals surface area contributed by atoms with Crippen molar-refractivity contribution in [1.29, 1.82) is 0 Å². The molecule has 5 heteroatoms. The summed E-state index contributed by atoms with van der Waals surface area (Å²) in [6, 6.07) is 10.3. The van der Waals surface area contributed by atoms with Gasteiger partial charge in [-0.05, 0) is 12.1 Å². The lowest BCUT2D eigenvalue weighted by Crippen LogP contribution is -2.00. The summed E-state index contributed by atoms with van der Waals surface area (Å²) in [5.74, 6) is 0.0704. The molecule has 0 fully saturated rings. The van der Waals surface area contributed by atoms with E-state index in [0.29, 0.717) is 12.0 Å². The van der Waals surface area contributed by atoms with E-state index in [1.807, 2.05) is 36.7 Å². The first kappa shape index (κ1) is 13.3. The number of hydrogen-bond donors (Lipinski definition) is 0. The fraction of sp³-hybridized carbons (Fsp3) is 0.188. The van der Waals surface area contributed by atoms with Gasteiger partial charge in [0.1, 0.15) is 0 Å². The second-order valence-corrected chi connectivity index (χ2v) is 5.00. The van der Waals surface area contributed by atoms with E-state index in [9.17, 15) is 14.9 Å². The maximum Gasteiger partial charge on any atom is 0.270 e. The molecule has 106 valence electrons. The lowest BCUT2D eigenvalue weighted by molar-refractivity contribution is -0.384. The number of nitrogens with zero attached hydrogens (tertiary/aromatic N) is 2. The van der Waals surface area contributed by atoms with Gasteiger partial charge in [-0.1, -0.05) is 19.1 Å². The molecule has 21 heavy (non-hydrogen) atoms. The predicted octanol–water partition coefficient (Wildman–Crippen LogP) is 3.83. The van der Waals surface area contributed by atoms with Crippen molar-refractivity contribution < 1.29 is 9.72 Å². The van der Waals surface area contributed by atoms with Crippen LogP contribution >= 0.6 is 0 Å². The van der Waals surface area contributed by atoms with Crippen molar-refractivity contribution in [1.82, 2.24) is 4.57 Å². The molecule has 3 aromatic rings. The molecule has 0 unspecified atom stereocenters. The zero-order valence-corrected chi connectivity index (χ0v) is 11.8. The van der Waals surface area contributed by atoms with Crippen LogP contribution in [-0.2, 0) is 7.05 Å². The summed E-state index contributed by atoms with van der Waals surface area (Å²) >= 11 is 0. The van der Waals surface area contributed by atoms with Crippen LogP contribution in [0.5, 0.6) is 0 Å². The highest BCUT2D eigenvalue weighted by Crippen LogP contribution is 2.33. The number of fused-ring (bicyclic) bond motifs is 3. The van der Waals surface area contributed by atoms with E-state index in [-0.39, 0.29) is 11.5 Å². The number of nitro benzene ring substituents is 1. The molecule has 1 aromatic heterocycles. The number of benzene rings is 2. The van der Waals surface area contributed by atoms with Gasteiger partial charge in [0.15, 0.2) is 5.78 Å². The number of para-hydroxylation sites is 1. The molecule has 0 aliphatic rings. The number of Topliss-reactive ketones (excluding diaryl/α,β-unsaturated/α-hetero) is 1. The van der Waals surface area contributed by atoms with Crippen LogP contribution in [0.4, 0.5) is 5.69 Å². The smallest absolute Gasteiger partial charge is 0.270 e. The minimum atomic E-state index is -0.403. The monoisotopic (exact) mass is 282 g/mol. The summed E-state index contributed by atoms with van der Waals surface area (Å²) in [4.78, 5) is 22.7. The van der Waals surface area contributed by atoms with E-state index in [0.717, 1.165) is 21.8 Å². The average molecular weight is 282 g/mol. The molecular formula is C16H14N2O3. The van der Waals surface area contributed by atoms with Gasteiger partial charge in [-0.2, -0.15) is 0 Å². The predicted molar refractivity (Wildman–Crippen MR) is 81.7 cm³/mol. The number of non-ortho nitro benzene ring substituents is 1. The van der Waals surface area contributed by atoms with Crippen LogP contribution < -0.4 is 0 Å². The minimum Gasteiger partial charge on any atom is -0.343 e. The van der Waals surface area contributed by atoms with Gasteiger partial charge in [-0.3, -0.25) is 14.9 Å². The van der Waals surface area contributed by atoms with Crippen molar-refractivity contribution in [3.63, 3.8) is 0 Å². The Morgan fingerprint density at radius 1 is 1.24 bits per heavy atom. The second-order valence-electron chi connectivity index (χ2n) is 5.00. The maximum atomic E-state index is 12.1. The first-order valence-corrected chi connectivity index (χ1v) is 6.73. The van der Waals surface area contributed by atoms with Gasteiger partial charge in [-0.25, -0.2) is 0 Å². The first-order valence-electron chi connectivity index (χ1n) is 6.73. The number of carbonyl (C=O) groups excluding carboxylic acids is 1.